The normalized spacial score (nSPS) is 20.5. The number of benzene rings is 1. The molecule has 378 valence electrons. The van der Waals surface area contributed by atoms with Gasteiger partial charge in [0.25, 0.3) is 0 Å². The molecule has 3 atom stereocenters. The summed E-state index contributed by atoms with van der Waals surface area (Å²) in [4.78, 5) is 59.2. The van der Waals surface area contributed by atoms with Gasteiger partial charge >= 0.3 is 0 Å². The molecule has 0 unspecified atom stereocenters. The molecule has 0 bridgehead atoms. The SMILES string of the molecule is Cc1ncsc1-c1ccc(CNC(=O)[C@@H]2C[C@@H](O)CN2C(=O)[C@@H](NC(=O)COCCOCCOCCOCCNc2nc(NC3CCC(N4CCOCC4)CC3)c3c(cnn3C)n2)C(C)(C)C)cc1. The van der Waals surface area contributed by atoms with E-state index in [-0.39, 0.29) is 45.2 Å². The number of aromatic nitrogens is 5. The fraction of sp³-hybridized carbons (Fsp3) is 0.646. The number of nitrogens with one attached hydrogen (secondary N) is 4. The maximum atomic E-state index is 13.9. The molecular formula is C48H71N11O9S. The van der Waals surface area contributed by atoms with Crippen LogP contribution in [0.15, 0.2) is 36.0 Å². The highest BCUT2D eigenvalue weighted by Crippen LogP contribution is 2.30. The van der Waals surface area contributed by atoms with Crippen molar-refractivity contribution in [2.45, 2.75) is 96.6 Å². The molecule has 3 fully saturated rings. The Balaban J connectivity index is 0.729. The summed E-state index contributed by atoms with van der Waals surface area (Å²) >= 11 is 1.57. The molecule has 2 aliphatic heterocycles. The number of rotatable bonds is 24. The Morgan fingerprint density at radius 2 is 1.61 bits per heavy atom. The van der Waals surface area contributed by atoms with Crippen LogP contribution >= 0.6 is 11.3 Å². The third kappa shape index (κ3) is 14.8. The molecule has 2 saturated heterocycles. The lowest BCUT2D eigenvalue weighted by Crippen LogP contribution is -2.58. The van der Waals surface area contributed by atoms with Crippen LogP contribution in [0.25, 0.3) is 21.5 Å². The number of aliphatic hydroxyl groups excluding tert-OH is 1. The quantitative estimate of drug-likeness (QED) is 0.0636. The van der Waals surface area contributed by atoms with Crippen LogP contribution in [0, 0.1) is 12.3 Å². The zero-order chi connectivity index (χ0) is 48.8. The summed E-state index contributed by atoms with van der Waals surface area (Å²) in [5.41, 5.74) is 5.71. The Labute approximate surface area is 408 Å². The molecule has 7 rings (SSSR count). The predicted octanol–water partition coefficient (Wildman–Crippen LogP) is 3.14. The number of anilines is 2. The van der Waals surface area contributed by atoms with Crippen molar-refractivity contribution in [1.82, 2.24) is 45.2 Å². The summed E-state index contributed by atoms with van der Waals surface area (Å²) in [5, 5.41) is 27.7. The number of carbonyl (C=O) groups is 3. The van der Waals surface area contributed by atoms with Crippen LogP contribution in [0.3, 0.4) is 0 Å². The lowest BCUT2D eigenvalue weighted by Gasteiger charge is -2.39. The van der Waals surface area contributed by atoms with Crippen LogP contribution in [0.2, 0.25) is 0 Å². The number of aryl methyl sites for hydroxylation is 2. The molecule has 1 saturated carbocycles. The van der Waals surface area contributed by atoms with Gasteiger partial charge in [0, 0.05) is 58.3 Å². The number of carbonyl (C=O) groups excluding carboxylic acids is 3. The summed E-state index contributed by atoms with van der Waals surface area (Å²) in [7, 11) is 1.91. The van der Waals surface area contributed by atoms with Gasteiger partial charge in [0.05, 0.1) is 87.8 Å². The molecule has 20 nitrogen and oxygen atoms in total. The largest absolute Gasteiger partial charge is 0.391 e. The standard InChI is InChI=1S/C48H71N11O9S/c1-32-42(69-31-51-32)34-8-6-33(7-9-34)27-50-45(62)39-26-37(60)29-59(39)46(63)43(48(2,3)4)55-40(61)30-68-25-24-67-23-22-66-21-20-64-17-14-49-47-54-38-28-52-57(5)41(38)44(56-47)53-35-10-12-36(13-11-35)58-15-18-65-19-16-58/h6-9,28,31,35-37,39,43,60H,10-27,29-30H2,1-5H3,(H,50,62)(H,55,61)(H2,49,53,54,56)/t35?,36?,37-,39+,43-/m1/s1. The first kappa shape index (κ1) is 52.0. The number of likely N-dealkylation sites (tertiary alicyclic amines) is 1. The van der Waals surface area contributed by atoms with Crippen molar-refractivity contribution in [3.05, 3.63) is 47.2 Å². The van der Waals surface area contributed by atoms with E-state index in [1.54, 1.807) is 17.5 Å². The minimum Gasteiger partial charge on any atom is -0.391 e. The zero-order valence-corrected chi connectivity index (χ0v) is 41.6. The number of aliphatic hydroxyl groups is 1. The number of ether oxygens (including phenoxy) is 5. The Morgan fingerprint density at radius 1 is 0.928 bits per heavy atom. The van der Waals surface area contributed by atoms with Gasteiger partial charge in [0.1, 0.15) is 29.7 Å². The number of amides is 3. The number of morpholine rings is 1. The second-order valence-corrected chi connectivity index (χ2v) is 19.8. The summed E-state index contributed by atoms with van der Waals surface area (Å²) in [6.07, 6.45) is 5.49. The van der Waals surface area contributed by atoms with Gasteiger partial charge in [0.2, 0.25) is 23.7 Å². The van der Waals surface area contributed by atoms with Crippen LogP contribution in [-0.2, 0) is 51.7 Å². The van der Waals surface area contributed by atoms with Crippen molar-refractivity contribution in [2.24, 2.45) is 12.5 Å². The van der Waals surface area contributed by atoms with Crippen LogP contribution in [0.1, 0.15) is 64.1 Å². The van der Waals surface area contributed by atoms with Gasteiger partial charge in [0.15, 0.2) is 5.82 Å². The third-order valence-electron chi connectivity index (χ3n) is 12.8. The molecule has 0 radical (unpaired) electrons. The zero-order valence-electron chi connectivity index (χ0n) is 40.7. The molecule has 1 aromatic carbocycles. The highest BCUT2D eigenvalue weighted by molar-refractivity contribution is 7.13. The van der Waals surface area contributed by atoms with Crippen LogP contribution in [0.4, 0.5) is 11.8 Å². The Morgan fingerprint density at radius 3 is 2.28 bits per heavy atom. The van der Waals surface area contributed by atoms with Crippen molar-refractivity contribution >= 4 is 51.9 Å². The van der Waals surface area contributed by atoms with Gasteiger partial charge in [-0.3, -0.25) is 24.0 Å². The third-order valence-corrected chi connectivity index (χ3v) is 13.8. The first-order valence-electron chi connectivity index (χ1n) is 24.2. The average Bonchev–Trinajstić information content (AvgIpc) is 4.07. The van der Waals surface area contributed by atoms with Crippen molar-refractivity contribution in [1.29, 1.82) is 0 Å². The Bertz CT molecular complexity index is 2260. The maximum absolute atomic E-state index is 13.9. The van der Waals surface area contributed by atoms with Crippen molar-refractivity contribution < 1.29 is 43.2 Å². The highest BCUT2D eigenvalue weighted by atomic mass is 32.1. The van der Waals surface area contributed by atoms with E-state index in [9.17, 15) is 19.5 Å². The molecular weight excluding hydrogens is 907 g/mol. The number of nitrogens with zero attached hydrogens (tertiary/aromatic N) is 7. The number of β-amino-alcohol motifs (C(OH)–C–C–N with tert-alkyl or cyclic N) is 1. The summed E-state index contributed by atoms with van der Waals surface area (Å²) < 4.78 is 29.9. The lowest BCUT2D eigenvalue weighted by atomic mass is 9.85. The van der Waals surface area contributed by atoms with Gasteiger partial charge in [-0.1, -0.05) is 45.0 Å². The molecule has 0 spiro atoms. The molecule has 3 aromatic heterocycles. The van der Waals surface area contributed by atoms with E-state index in [1.807, 2.05) is 69.2 Å². The average molecular weight is 978 g/mol. The molecule has 69 heavy (non-hydrogen) atoms. The molecule has 21 heteroatoms. The van der Waals surface area contributed by atoms with E-state index in [0.717, 1.165) is 90.5 Å². The van der Waals surface area contributed by atoms with Crippen LogP contribution in [0.5, 0.6) is 0 Å². The summed E-state index contributed by atoms with van der Waals surface area (Å²) in [6, 6.07) is 7.01. The van der Waals surface area contributed by atoms with Gasteiger partial charge in [-0.05, 0) is 49.1 Å². The number of hydrogen-bond donors (Lipinski definition) is 5. The van der Waals surface area contributed by atoms with Crippen molar-refractivity contribution in [3.8, 4) is 10.4 Å². The topological polar surface area (TPSA) is 229 Å². The summed E-state index contributed by atoms with van der Waals surface area (Å²) in [6.45, 7) is 14.1. The number of fused-ring (bicyclic) bond motifs is 1. The lowest BCUT2D eigenvalue weighted by molar-refractivity contribution is -0.144. The van der Waals surface area contributed by atoms with E-state index in [4.69, 9.17) is 28.7 Å². The van der Waals surface area contributed by atoms with Crippen molar-refractivity contribution in [3.63, 3.8) is 0 Å². The monoisotopic (exact) mass is 978 g/mol. The minimum absolute atomic E-state index is 0.0118. The van der Waals surface area contributed by atoms with Gasteiger partial charge < -0.3 is 55.0 Å². The first-order valence-corrected chi connectivity index (χ1v) is 25.1. The second-order valence-electron chi connectivity index (χ2n) is 19.0. The molecule has 3 amide bonds. The minimum atomic E-state index is -0.959. The van der Waals surface area contributed by atoms with Gasteiger partial charge in [-0.25, -0.2) is 9.97 Å². The number of hydrogen-bond acceptors (Lipinski definition) is 17. The van der Waals surface area contributed by atoms with Crippen LogP contribution in [-0.4, -0.2) is 180 Å². The first-order chi connectivity index (χ1) is 33.3. The Hall–Kier alpha value is -4.87. The highest BCUT2D eigenvalue weighted by Gasteiger charge is 2.44. The van der Waals surface area contributed by atoms with Crippen LogP contribution < -0.4 is 21.3 Å². The molecule has 1 aliphatic carbocycles. The van der Waals surface area contributed by atoms with Gasteiger partial charge in [-0.2, -0.15) is 10.1 Å². The van der Waals surface area contributed by atoms with E-state index in [2.05, 4.69) is 41.2 Å². The predicted molar refractivity (Wildman–Crippen MR) is 262 cm³/mol. The smallest absolute Gasteiger partial charge is 0.246 e. The van der Waals surface area contributed by atoms with Gasteiger partial charge in [-0.15, -0.1) is 11.3 Å². The fourth-order valence-electron chi connectivity index (χ4n) is 9.02. The van der Waals surface area contributed by atoms with Crippen molar-refractivity contribution in [2.75, 3.05) is 103 Å². The van der Waals surface area contributed by atoms with E-state index >= 15 is 0 Å². The second kappa shape index (κ2) is 25.3. The summed E-state index contributed by atoms with van der Waals surface area (Å²) in [5.74, 6) is 0.0355. The molecule has 4 aromatic rings. The fourth-order valence-corrected chi connectivity index (χ4v) is 9.84. The Kier molecular flexibility index (Phi) is 19.1. The van der Waals surface area contributed by atoms with E-state index in [0.29, 0.717) is 57.6 Å². The van der Waals surface area contributed by atoms with E-state index in [1.165, 1.54) is 4.90 Å². The molecule has 3 aliphatic rings. The maximum Gasteiger partial charge on any atom is 0.246 e. The molecule has 5 heterocycles. The molecule has 5 N–H and O–H groups in total. The van der Waals surface area contributed by atoms with E-state index < -0.39 is 35.4 Å². The number of thiazole rings is 1.